The van der Waals surface area contributed by atoms with Crippen molar-refractivity contribution in [1.29, 1.82) is 0 Å². The van der Waals surface area contributed by atoms with Gasteiger partial charge in [0, 0.05) is 32.1 Å². The first kappa shape index (κ1) is 43.7. The molecule has 0 aromatic heterocycles. The van der Waals surface area contributed by atoms with E-state index in [0.29, 0.717) is 0 Å². The first-order chi connectivity index (χ1) is 18.7. The largest absolute Gasteiger partial charge is 0.497 e. The van der Waals surface area contributed by atoms with E-state index in [0.717, 1.165) is 24.0 Å². The van der Waals surface area contributed by atoms with Gasteiger partial charge in [-0.1, -0.05) is 38.1 Å². The maximum absolute atomic E-state index is 11.6. The summed E-state index contributed by atoms with van der Waals surface area (Å²) in [5.74, 6) is 1.93. The van der Waals surface area contributed by atoms with Crippen LogP contribution in [0.1, 0.15) is 52.7 Å². The molecule has 0 radical (unpaired) electrons. The van der Waals surface area contributed by atoms with Gasteiger partial charge in [0.25, 0.3) is 0 Å². The third kappa shape index (κ3) is 18.6. The predicted molar refractivity (Wildman–Crippen MR) is 154 cm³/mol. The van der Waals surface area contributed by atoms with Gasteiger partial charge in [-0.2, -0.15) is 26.3 Å². The highest BCUT2D eigenvalue weighted by molar-refractivity contribution is 7.89. The number of benzene rings is 2. The molecule has 0 aliphatic carbocycles. The molecular formula is C29H44F6O6S. The number of hydrogen-bond acceptors (Lipinski definition) is 6. The van der Waals surface area contributed by atoms with Gasteiger partial charge in [0.15, 0.2) is 5.41 Å². The number of ketones is 1. The summed E-state index contributed by atoms with van der Waals surface area (Å²) in [6, 6.07) is 16.5. The normalized spacial score (nSPS) is 11.5. The molecule has 6 nitrogen and oxygen atoms in total. The van der Waals surface area contributed by atoms with Crippen LogP contribution in [0.15, 0.2) is 48.5 Å². The number of sulfone groups is 1. The summed E-state index contributed by atoms with van der Waals surface area (Å²) < 4.78 is 104. The molecule has 13 heteroatoms. The molecule has 0 spiro atoms. The Balaban J connectivity index is -0.000000558. The zero-order chi connectivity index (χ0) is 34.2. The number of halogens is 6. The van der Waals surface area contributed by atoms with Gasteiger partial charge in [0.2, 0.25) is 0 Å². The van der Waals surface area contributed by atoms with Crippen LogP contribution in [0.2, 0.25) is 0 Å². The van der Waals surface area contributed by atoms with Gasteiger partial charge in [-0.25, -0.2) is 8.42 Å². The number of rotatable bonds is 4. The Morgan fingerprint density at radius 2 is 0.810 bits per heavy atom. The lowest BCUT2D eigenvalue weighted by Crippen LogP contribution is -2.44. The number of ether oxygens (including phenoxy) is 3. The van der Waals surface area contributed by atoms with Crippen molar-refractivity contribution >= 4 is 15.6 Å². The lowest BCUT2D eigenvalue weighted by atomic mass is 9.78. The van der Waals surface area contributed by atoms with E-state index in [1.165, 1.54) is 25.0 Å². The van der Waals surface area contributed by atoms with Gasteiger partial charge in [0.05, 0.1) is 14.2 Å². The standard InChI is InChI=1S/C17H20O2.C5H6F6.C3H6O.C2H6O2S.C2H6O/c1-17(2,13-5-9-15(18-3)10-6-13)14-7-11-16(19-4)12-8-14;1-3(2,4(6,7)8)5(9,10)11;1-3(2)4;1-5(2,3)4;1-3-2/h5-12H,1-4H3;1-2H3;1-2H3;1-2H3;1-2H3. The molecule has 0 saturated carbocycles. The van der Waals surface area contributed by atoms with Crippen LogP contribution in [0.25, 0.3) is 0 Å². The zero-order valence-corrected chi connectivity index (χ0v) is 27.1. The number of Topliss-reactive ketones (excluding diaryl/α,β-unsaturated/α-hetero) is 1. The van der Waals surface area contributed by atoms with Crippen LogP contribution in [-0.2, 0) is 24.8 Å². The van der Waals surface area contributed by atoms with Crippen LogP contribution in [0, 0.1) is 5.41 Å². The van der Waals surface area contributed by atoms with Crippen molar-refractivity contribution in [3.8, 4) is 11.5 Å². The van der Waals surface area contributed by atoms with Crippen molar-refractivity contribution < 1.29 is 53.8 Å². The molecule has 0 aliphatic heterocycles. The fraction of sp³-hybridized carbons (Fsp3) is 0.552. The van der Waals surface area contributed by atoms with E-state index in [9.17, 15) is 39.6 Å². The minimum Gasteiger partial charge on any atom is -0.497 e. The second-order valence-electron chi connectivity index (χ2n) is 10.2. The minimum atomic E-state index is -5.24. The van der Waals surface area contributed by atoms with E-state index in [4.69, 9.17) is 9.47 Å². The van der Waals surface area contributed by atoms with Gasteiger partial charge in [-0.15, -0.1) is 0 Å². The number of carbonyl (C=O) groups excluding carboxylic acids is 1. The SMILES string of the molecule is CC(C)(C(F)(F)F)C(F)(F)F.CC(C)=O.COC.COc1ccc(C(C)(C)c2ccc(OC)cc2)cc1.CS(C)(=O)=O. The predicted octanol–water partition coefficient (Wildman–Crippen LogP) is 7.69. The van der Waals surface area contributed by atoms with Gasteiger partial charge >= 0.3 is 12.4 Å². The van der Waals surface area contributed by atoms with Gasteiger partial charge in [0.1, 0.15) is 27.1 Å². The number of methoxy groups -OCH3 is 3. The van der Waals surface area contributed by atoms with E-state index in [1.54, 1.807) is 28.4 Å². The molecule has 0 N–H and O–H groups in total. The zero-order valence-electron chi connectivity index (χ0n) is 26.2. The highest BCUT2D eigenvalue weighted by atomic mass is 32.2. The quantitative estimate of drug-likeness (QED) is 0.321. The summed E-state index contributed by atoms with van der Waals surface area (Å²) in [5.41, 5.74) is -1.14. The van der Waals surface area contributed by atoms with Crippen molar-refractivity contribution in [2.75, 3.05) is 41.0 Å². The van der Waals surface area contributed by atoms with E-state index in [2.05, 4.69) is 42.8 Å². The maximum Gasteiger partial charge on any atom is 0.402 e. The molecule has 0 amide bonds. The number of hydrogen-bond donors (Lipinski definition) is 0. The molecule has 0 fully saturated rings. The molecule has 2 aromatic carbocycles. The third-order valence-electron chi connectivity index (χ3n) is 5.04. The average Bonchev–Trinajstić information content (AvgIpc) is 2.82. The topological polar surface area (TPSA) is 78.9 Å². The van der Waals surface area contributed by atoms with E-state index < -0.39 is 27.6 Å². The Hall–Kier alpha value is -2.80. The first-order valence-corrected chi connectivity index (χ1v) is 14.5. The second-order valence-corrected chi connectivity index (χ2v) is 12.4. The van der Waals surface area contributed by atoms with Crippen molar-refractivity contribution in [2.24, 2.45) is 5.41 Å². The smallest absolute Gasteiger partial charge is 0.402 e. The summed E-state index contributed by atoms with van der Waals surface area (Å²) >= 11 is 0. The highest BCUT2D eigenvalue weighted by Crippen LogP contribution is 2.49. The lowest BCUT2D eigenvalue weighted by Gasteiger charge is -2.29. The first-order valence-electron chi connectivity index (χ1n) is 12.2. The van der Waals surface area contributed by atoms with Gasteiger partial charge in [-0.05, 0) is 63.1 Å². The minimum absolute atomic E-state index is 0.0431. The van der Waals surface area contributed by atoms with E-state index >= 15 is 0 Å². The van der Waals surface area contributed by atoms with Crippen LogP contribution >= 0.6 is 0 Å². The summed E-state index contributed by atoms with van der Waals surface area (Å²) in [5, 5.41) is 0. The Morgan fingerprint density at radius 1 is 0.619 bits per heavy atom. The molecule has 0 saturated heterocycles. The van der Waals surface area contributed by atoms with Crippen LogP contribution in [0.5, 0.6) is 11.5 Å². The van der Waals surface area contributed by atoms with Crippen LogP contribution < -0.4 is 9.47 Å². The Kier molecular flexibility index (Phi) is 19.4. The van der Waals surface area contributed by atoms with Crippen LogP contribution in [-0.4, -0.2) is 67.5 Å². The van der Waals surface area contributed by atoms with Crippen molar-refractivity contribution in [2.45, 2.75) is 59.3 Å². The molecule has 0 heterocycles. The van der Waals surface area contributed by atoms with E-state index in [-0.39, 0.29) is 25.0 Å². The van der Waals surface area contributed by atoms with Crippen LogP contribution in [0.4, 0.5) is 26.3 Å². The monoisotopic (exact) mass is 634 g/mol. The lowest BCUT2D eigenvalue weighted by molar-refractivity contribution is -0.327. The Bertz CT molecular complexity index is 1050. The molecular weight excluding hydrogens is 590 g/mol. The third-order valence-corrected chi connectivity index (χ3v) is 5.04. The highest BCUT2D eigenvalue weighted by Gasteiger charge is 2.64. The fourth-order valence-corrected chi connectivity index (χ4v) is 2.34. The fourth-order valence-electron chi connectivity index (χ4n) is 2.34. The second kappa shape index (κ2) is 18.7. The molecule has 42 heavy (non-hydrogen) atoms. The number of alkyl halides is 6. The summed E-state index contributed by atoms with van der Waals surface area (Å²) in [6.45, 7) is 7.70. The van der Waals surface area contributed by atoms with Crippen molar-refractivity contribution in [3.63, 3.8) is 0 Å². The molecule has 0 aliphatic rings. The molecule has 0 atom stereocenters. The summed E-state index contributed by atoms with van der Waals surface area (Å²) in [4.78, 5) is 9.44. The summed E-state index contributed by atoms with van der Waals surface area (Å²) in [7, 11) is 3.95. The van der Waals surface area contributed by atoms with Crippen LogP contribution in [0.3, 0.4) is 0 Å². The Morgan fingerprint density at radius 3 is 0.929 bits per heavy atom. The molecule has 2 aromatic rings. The number of carbonyl (C=O) groups is 1. The van der Waals surface area contributed by atoms with Crippen molar-refractivity contribution in [1.82, 2.24) is 0 Å². The Labute approximate surface area is 246 Å². The maximum atomic E-state index is 11.6. The average molecular weight is 635 g/mol. The van der Waals surface area contributed by atoms with E-state index in [1.807, 2.05) is 24.3 Å². The van der Waals surface area contributed by atoms with Crippen molar-refractivity contribution in [3.05, 3.63) is 59.7 Å². The summed E-state index contributed by atoms with van der Waals surface area (Å²) in [6.07, 6.45) is -8.17. The van der Waals surface area contributed by atoms with Gasteiger partial charge < -0.3 is 19.0 Å². The molecule has 2 rings (SSSR count). The molecule has 244 valence electrons. The molecule has 0 unspecified atom stereocenters. The van der Waals surface area contributed by atoms with Gasteiger partial charge in [-0.3, -0.25) is 0 Å². The molecule has 0 bridgehead atoms.